The Labute approximate surface area is 125 Å². The van der Waals surface area contributed by atoms with Gasteiger partial charge in [0.15, 0.2) is 0 Å². The molecule has 2 aromatic rings. The molecule has 2 nitrogen and oxygen atoms in total. The van der Waals surface area contributed by atoms with E-state index in [0.29, 0.717) is 22.9 Å². The average molecular weight is 312 g/mol. The largest absolute Gasteiger partial charge is 0.381 e. The molecule has 20 heavy (non-hydrogen) atoms. The van der Waals surface area contributed by atoms with E-state index in [9.17, 15) is 8.60 Å². The molecule has 0 spiro atoms. The first-order chi connectivity index (χ1) is 9.56. The Hall–Kier alpha value is -1.39. The summed E-state index contributed by atoms with van der Waals surface area (Å²) >= 11 is 6.06. The lowest BCUT2D eigenvalue weighted by Gasteiger charge is -2.10. The molecule has 1 N–H and O–H groups in total. The lowest BCUT2D eigenvalue weighted by molar-refractivity contribution is 0.613. The van der Waals surface area contributed by atoms with Gasteiger partial charge in [-0.3, -0.25) is 4.21 Å². The summed E-state index contributed by atoms with van der Waals surface area (Å²) in [7, 11) is -0.951. The van der Waals surface area contributed by atoms with Gasteiger partial charge in [0.2, 0.25) is 0 Å². The minimum absolute atomic E-state index is 0.233. The Morgan fingerprint density at radius 2 is 1.95 bits per heavy atom. The highest BCUT2D eigenvalue weighted by Gasteiger charge is 2.05. The van der Waals surface area contributed by atoms with Gasteiger partial charge in [-0.05, 0) is 29.8 Å². The maximum absolute atomic E-state index is 13.5. The van der Waals surface area contributed by atoms with E-state index < -0.39 is 10.8 Å². The van der Waals surface area contributed by atoms with Gasteiger partial charge in [-0.25, -0.2) is 4.39 Å². The predicted octanol–water partition coefficient (Wildman–Crippen LogP) is 3.97. The van der Waals surface area contributed by atoms with Crippen LogP contribution in [-0.4, -0.2) is 10.5 Å². The molecule has 0 aliphatic carbocycles. The van der Waals surface area contributed by atoms with Gasteiger partial charge in [-0.2, -0.15) is 0 Å². The van der Waals surface area contributed by atoms with Crippen molar-refractivity contribution in [1.29, 1.82) is 0 Å². The number of hydrogen-bond acceptors (Lipinski definition) is 2. The number of nitrogens with one attached hydrogen (secondary N) is 1. The first-order valence-corrected chi connectivity index (χ1v) is 8.22. The minimum Gasteiger partial charge on any atom is -0.381 e. The van der Waals surface area contributed by atoms with Crippen LogP contribution in [0.2, 0.25) is 5.02 Å². The van der Waals surface area contributed by atoms with Crippen molar-refractivity contribution in [2.24, 2.45) is 0 Å². The van der Waals surface area contributed by atoms with Crippen LogP contribution in [0.5, 0.6) is 0 Å². The molecule has 0 aliphatic rings. The van der Waals surface area contributed by atoms with Gasteiger partial charge in [0.25, 0.3) is 0 Å². The molecular formula is C15H15ClFNOS. The second-order valence-electron chi connectivity index (χ2n) is 4.47. The summed E-state index contributed by atoms with van der Waals surface area (Å²) in [5.41, 5.74) is 2.26. The number of halogens is 2. The highest BCUT2D eigenvalue weighted by atomic mass is 35.5. The summed E-state index contributed by atoms with van der Waals surface area (Å²) in [4.78, 5) is 0. The van der Waals surface area contributed by atoms with Crippen LogP contribution >= 0.6 is 11.6 Å². The van der Waals surface area contributed by atoms with Crippen LogP contribution in [0, 0.1) is 5.82 Å². The van der Waals surface area contributed by atoms with Crippen LogP contribution in [0.4, 0.5) is 10.1 Å². The Kier molecular flexibility index (Phi) is 5.15. The maximum Gasteiger partial charge on any atom is 0.128 e. The van der Waals surface area contributed by atoms with Crippen LogP contribution in [0.1, 0.15) is 11.1 Å². The van der Waals surface area contributed by atoms with Crippen LogP contribution in [0.3, 0.4) is 0 Å². The summed E-state index contributed by atoms with van der Waals surface area (Å²) in [5, 5.41) is 3.74. The first kappa shape index (κ1) is 15.0. The van der Waals surface area contributed by atoms with E-state index in [4.69, 9.17) is 11.6 Å². The lowest BCUT2D eigenvalue weighted by atomic mass is 10.2. The normalized spacial score (nSPS) is 12.2. The highest BCUT2D eigenvalue weighted by Crippen LogP contribution is 2.22. The maximum atomic E-state index is 13.5. The molecule has 1 atom stereocenters. The smallest absolute Gasteiger partial charge is 0.128 e. The number of hydrogen-bond donors (Lipinski definition) is 1. The minimum atomic E-state index is -0.951. The number of rotatable bonds is 5. The highest BCUT2D eigenvalue weighted by molar-refractivity contribution is 7.83. The van der Waals surface area contributed by atoms with E-state index in [1.807, 2.05) is 12.1 Å². The van der Waals surface area contributed by atoms with Crippen molar-refractivity contribution in [3.8, 4) is 0 Å². The molecule has 5 heteroatoms. The van der Waals surface area contributed by atoms with Gasteiger partial charge in [-0.1, -0.05) is 29.8 Å². The van der Waals surface area contributed by atoms with Crippen molar-refractivity contribution in [1.82, 2.24) is 0 Å². The molecule has 2 aromatic carbocycles. The summed E-state index contributed by atoms with van der Waals surface area (Å²) in [5.74, 6) is 0.178. The molecule has 0 bridgehead atoms. The molecular weight excluding hydrogens is 297 g/mol. The van der Waals surface area contributed by atoms with Gasteiger partial charge < -0.3 is 5.32 Å². The molecule has 0 amide bonds. The van der Waals surface area contributed by atoms with Gasteiger partial charge in [0.05, 0.1) is 0 Å². The van der Waals surface area contributed by atoms with E-state index in [1.54, 1.807) is 30.5 Å². The third kappa shape index (κ3) is 4.05. The van der Waals surface area contributed by atoms with Gasteiger partial charge in [-0.15, -0.1) is 0 Å². The Bertz CT molecular complexity index is 633. The summed E-state index contributed by atoms with van der Waals surface area (Å²) in [6.45, 7) is 0.392. The molecule has 0 fully saturated rings. The fourth-order valence-electron chi connectivity index (χ4n) is 1.85. The molecule has 0 aliphatic heterocycles. The molecule has 0 unspecified atom stereocenters. The zero-order chi connectivity index (χ0) is 14.5. The molecule has 0 aromatic heterocycles. The van der Waals surface area contributed by atoms with E-state index in [0.717, 1.165) is 11.3 Å². The van der Waals surface area contributed by atoms with Gasteiger partial charge >= 0.3 is 0 Å². The second kappa shape index (κ2) is 6.86. The van der Waals surface area contributed by atoms with E-state index in [1.165, 1.54) is 6.07 Å². The third-order valence-corrected chi connectivity index (χ3v) is 3.93. The molecule has 0 saturated heterocycles. The molecule has 0 heterocycles. The fourth-order valence-corrected chi connectivity index (χ4v) is 2.79. The average Bonchev–Trinajstić information content (AvgIpc) is 2.40. The first-order valence-electron chi connectivity index (χ1n) is 6.12. The molecule has 2 rings (SSSR count). The van der Waals surface area contributed by atoms with Crippen LogP contribution in [0.15, 0.2) is 42.5 Å². The van der Waals surface area contributed by atoms with Crippen LogP contribution in [0.25, 0.3) is 0 Å². The van der Waals surface area contributed by atoms with Crippen LogP contribution in [-0.2, 0) is 23.1 Å². The predicted molar refractivity (Wildman–Crippen MR) is 82.9 cm³/mol. The van der Waals surface area contributed by atoms with Crippen molar-refractivity contribution in [3.63, 3.8) is 0 Å². The van der Waals surface area contributed by atoms with Crippen molar-refractivity contribution >= 4 is 28.1 Å². The number of anilines is 1. The van der Waals surface area contributed by atoms with Gasteiger partial charge in [0, 0.05) is 45.6 Å². The molecule has 106 valence electrons. The second-order valence-corrected chi connectivity index (χ2v) is 6.31. The summed E-state index contributed by atoms with van der Waals surface area (Å²) < 4.78 is 24.8. The SMILES string of the molecule is C[S@](=O)Cc1cc(NCc2ccccc2F)ccc1Cl. The van der Waals surface area contributed by atoms with Crippen molar-refractivity contribution < 1.29 is 8.60 Å². The number of benzene rings is 2. The monoisotopic (exact) mass is 311 g/mol. The Morgan fingerprint density at radius 3 is 2.65 bits per heavy atom. The van der Waals surface area contributed by atoms with E-state index in [2.05, 4.69) is 5.32 Å². The summed E-state index contributed by atoms with van der Waals surface area (Å²) in [6.07, 6.45) is 1.63. The van der Waals surface area contributed by atoms with Crippen molar-refractivity contribution in [2.45, 2.75) is 12.3 Å². The zero-order valence-electron chi connectivity index (χ0n) is 11.0. The summed E-state index contributed by atoms with van der Waals surface area (Å²) in [6, 6.07) is 12.1. The standard InChI is InChI=1S/C15H15ClFNOS/c1-20(19)10-12-8-13(6-7-14(12)16)18-9-11-4-2-3-5-15(11)17/h2-8,18H,9-10H2,1H3/t20-/m0/s1. The Balaban J connectivity index is 2.10. The molecule has 0 radical (unpaired) electrons. The van der Waals surface area contributed by atoms with E-state index >= 15 is 0 Å². The van der Waals surface area contributed by atoms with E-state index in [-0.39, 0.29) is 5.82 Å². The fraction of sp³-hybridized carbons (Fsp3) is 0.200. The van der Waals surface area contributed by atoms with Crippen molar-refractivity contribution in [3.05, 3.63) is 64.4 Å². The Morgan fingerprint density at radius 1 is 1.20 bits per heavy atom. The molecule has 0 saturated carbocycles. The lowest BCUT2D eigenvalue weighted by Crippen LogP contribution is -2.02. The topological polar surface area (TPSA) is 29.1 Å². The van der Waals surface area contributed by atoms with Crippen LogP contribution < -0.4 is 5.32 Å². The third-order valence-electron chi connectivity index (χ3n) is 2.85. The van der Waals surface area contributed by atoms with Gasteiger partial charge in [0.1, 0.15) is 5.82 Å². The zero-order valence-corrected chi connectivity index (χ0v) is 12.6. The quantitative estimate of drug-likeness (QED) is 0.905. The van der Waals surface area contributed by atoms with Crippen molar-refractivity contribution in [2.75, 3.05) is 11.6 Å².